The van der Waals surface area contributed by atoms with E-state index in [1.807, 2.05) is 19.1 Å². The zero-order chi connectivity index (χ0) is 11.1. The number of rotatable bonds is 2. The van der Waals surface area contributed by atoms with E-state index in [0.29, 0.717) is 0 Å². The Labute approximate surface area is 102 Å². The maximum atomic E-state index is 6.18. The molecule has 1 heterocycles. The fourth-order valence-corrected chi connectivity index (χ4v) is 2.72. The molecule has 2 nitrogen and oxygen atoms in total. The second kappa shape index (κ2) is 3.85. The third kappa shape index (κ3) is 2.07. The van der Waals surface area contributed by atoms with E-state index in [-0.39, 0.29) is 5.54 Å². The zero-order valence-corrected chi connectivity index (χ0v) is 11.2. The van der Waals surface area contributed by atoms with Gasteiger partial charge in [0.1, 0.15) is 5.01 Å². The van der Waals surface area contributed by atoms with Gasteiger partial charge in [0.2, 0.25) is 0 Å². The average Bonchev–Trinajstić information content (AvgIpc) is 2.61. The molecule has 0 radical (unpaired) electrons. The van der Waals surface area contributed by atoms with Crippen LogP contribution in [0.4, 0.5) is 0 Å². The number of hydrogen-bond donors (Lipinski definition) is 1. The first kappa shape index (κ1) is 11.0. The molecule has 2 N–H and O–H groups in total. The number of hydrogen-bond acceptors (Lipinski definition) is 3. The van der Waals surface area contributed by atoms with Crippen LogP contribution in [0.3, 0.4) is 0 Å². The van der Waals surface area contributed by atoms with E-state index < -0.39 is 0 Å². The smallest absolute Gasteiger partial charge is 0.113 e. The third-order valence-corrected chi connectivity index (χ3v) is 4.38. The van der Waals surface area contributed by atoms with Gasteiger partial charge in [-0.1, -0.05) is 22.9 Å². The highest BCUT2D eigenvalue weighted by atomic mass is 79.9. The van der Waals surface area contributed by atoms with Crippen LogP contribution in [0.15, 0.2) is 22.7 Å². The van der Waals surface area contributed by atoms with E-state index >= 15 is 0 Å². The van der Waals surface area contributed by atoms with Gasteiger partial charge < -0.3 is 5.73 Å². The monoisotopic (exact) mass is 284 g/mol. The predicted molar refractivity (Wildman–Crippen MR) is 69.2 cm³/mol. The normalized spacial score (nSPS) is 15.5. The fourth-order valence-electron chi connectivity index (χ4n) is 1.30. The number of halogens is 1. The Hall–Kier alpha value is -0.450. The molecule has 0 amide bonds. The minimum Gasteiger partial charge on any atom is -0.320 e. The summed E-state index contributed by atoms with van der Waals surface area (Å²) in [6.45, 7) is 4.11. The molecule has 1 aromatic heterocycles. The summed E-state index contributed by atoms with van der Waals surface area (Å²) in [4.78, 5) is 4.58. The van der Waals surface area contributed by atoms with Crippen molar-refractivity contribution < 1.29 is 0 Å². The molecular weight excluding hydrogens is 272 g/mol. The summed E-state index contributed by atoms with van der Waals surface area (Å²) in [6.07, 6.45) is 0.897. The Morgan fingerprint density at radius 3 is 2.93 bits per heavy atom. The summed E-state index contributed by atoms with van der Waals surface area (Å²) in [7, 11) is 0. The van der Waals surface area contributed by atoms with Crippen molar-refractivity contribution in [3.05, 3.63) is 27.7 Å². The first-order valence-corrected chi connectivity index (χ1v) is 6.49. The molecule has 0 fully saturated rings. The Bertz CT molecular complexity index is 490. The molecule has 0 saturated carbocycles. The van der Waals surface area contributed by atoms with Gasteiger partial charge in [0.05, 0.1) is 15.8 Å². The summed E-state index contributed by atoms with van der Waals surface area (Å²) in [5.74, 6) is 0. The van der Waals surface area contributed by atoms with Crippen molar-refractivity contribution in [2.75, 3.05) is 0 Å². The van der Waals surface area contributed by atoms with E-state index in [1.54, 1.807) is 11.3 Å². The minimum absolute atomic E-state index is 0.309. The molecule has 2 rings (SSSR count). The van der Waals surface area contributed by atoms with E-state index in [1.165, 1.54) is 4.70 Å². The lowest BCUT2D eigenvalue weighted by molar-refractivity contribution is 0.474. The van der Waals surface area contributed by atoms with Crippen LogP contribution in [0.2, 0.25) is 0 Å². The standard InChI is InChI=1S/C11H13BrN2S/c1-3-11(2,13)10-14-8-6-7(12)4-5-9(8)15-10/h4-6H,3,13H2,1-2H3. The molecule has 0 aliphatic rings. The number of thiazole rings is 1. The summed E-state index contributed by atoms with van der Waals surface area (Å²) < 4.78 is 2.25. The SMILES string of the molecule is CCC(C)(N)c1nc2cc(Br)ccc2s1. The summed E-state index contributed by atoms with van der Waals surface area (Å²) >= 11 is 5.12. The van der Waals surface area contributed by atoms with Crippen LogP contribution >= 0.6 is 27.3 Å². The second-order valence-electron chi connectivity index (χ2n) is 3.90. The van der Waals surface area contributed by atoms with Crippen LogP contribution in [-0.2, 0) is 5.54 Å². The fraction of sp³-hybridized carbons (Fsp3) is 0.364. The Balaban J connectivity index is 2.56. The van der Waals surface area contributed by atoms with Gasteiger partial charge in [-0.05, 0) is 31.5 Å². The maximum absolute atomic E-state index is 6.18. The highest BCUT2D eigenvalue weighted by Gasteiger charge is 2.22. The van der Waals surface area contributed by atoms with Crippen molar-refractivity contribution >= 4 is 37.5 Å². The molecule has 0 saturated heterocycles. The van der Waals surface area contributed by atoms with Crippen LogP contribution in [0.5, 0.6) is 0 Å². The molecule has 0 aliphatic carbocycles. The highest BCUT2D eigenvalue weighted by molar-refractivity contribution is 9.10. The number of nitrogens with zero attached hydrogens (tertiary/aromatic N) is 1. The van der Waals surface area contributed by atoms with Gasteiger partial charge >= 0.3 is 0 Å². The molecule has 1 unspecified atom stereocenters. The Kier molecular flexibility index (Phi) is 2.83. The van der Waals surface area contributed by atoms with Crippen LogP contribution < -0.4 is 5.73 Å². The zero-order valence-electron chi connectivity index (χ0n) is 8.75. The summed E-state index contributed by atoms with van der Waals surface area (Å²) in [5.41, 5.74) is 6.89. The third-order valence-electron chi connectivity index (χ3n) is 2.57. The molecule has 1 aromatic carbocycles. The van der Waals surface area contributed by atoms with Gasteiger partial charge in [-0.3, -0.25) is 0 Å². The first-order valence-electron chi connectivity index (χ1n) is 4.88. The first-order chi connectivity index (χ1) is 7.03. The van der Waals surface area contributed by atoms with Gasteiger partial charge in [0.25, 0.3) is 0 Å². The lowest BCUT2D eigenvalue weighted by atomic mass is 10.0. The lowest BCUT2D eigenvalue weighted by Crippen LogP contribution is -2.31. The Morgan fingerprint density at radius 1 is 1.53 bits per heavy atom. The molecule has 15 heavy (non-hydrogen) atoms. The van der Waals surface area contributed by atoms with Crippen LogP contribution in [0.25, 0.3) is 10.2 Å². The number of aromatic nitrogens is 1. The van der Waals surface area contributed by atoms with Crippen molar-refractivity contribution in [1.82, 2.24) is 4.98 Å². The van der Waals surface area contributed by atoms with Crippen molar-refractivity contribution in [3.8, 4) is 0 Å². The average molecular weight is 285 g/mol. The minimum atomic E-state index is -0.309. The van der Waals surface area contributed by atoms with Crippen LogP contribution in [0, 0.1) is 0 Å². The molecule has 4 heteroatoms. The summed E-state index contributed by atoms with van der Waals surface area (Å²) in [5, 5.41) is 1.01. The number of benzene rings is 1. The van der Waals surface area contributed by atoms with Crippen molar-refractivity contribution in [3.63, 3.8) is 0 Å². The van der Waals surface area contributed by atoms with Gasteiger partial charge in [-0.15, -0.1) is 11.3 Å². The second-order valence-corrected chi connectivity index (χ2v) is 5.85. The predicted octanol–water partition coefficient (Wildman–Crippen LogP) is 3.64. The molecule has 0 aliphatic heterocycles. The van der Waals surface area contributed by atoms with Gasteiger partial charge in [-0.25, -0.2) is 4.98 Å². The molecule has 80 valence electrons. The number of fused-ring (bicyclic) bond motifs is 1. The molecule has 0 bridgehead atoms. The van der Waals surface area contributed by atoms with Crippen molar-refractivity contribution in [1.29, 1.82) is 0 Å². The molecule has 0 spiro atoms. The van der Waals surface area contributed by atoms with Gasteiger partial charge in [-0.2, -0.15) is 0 Å². The van der Waals surface area contributed by atoms with Crippen molar-refractivity contribution in [2.24, 2.45) is 5.73 Å². The van der Waals surface area contributed by atoms with Crippen molar-refractivity contribution in [2.45, 2.75) is 25.8 Å². The summed E-state index contributed by atoms with van der Waals surface area (Å²) in [6, 6.07) is 6.14. The van der Waals surface area contributed by atoms with E-state index in [4.69, 9.17) is 5.73 Å². The topological polar surface area (TPSA) is 38.9 Å². The van der Waals surface area contributed by atoms with Gasteiger partial charge in [0, 0.05) is 4.47 Å². The largest absolute Gasteiger partial charge is 0.320 e. The number of nitrogens with two attached hydrogens (primary N) is 1. The molecular formula is C11H13BrN2S. The maximum Gasteiger partial charge on any atom is 0.113 e. The van der Waals surface area contributed by atoms with Crippen LogP contribution in [-0.4, -0.2) is 4.98 Å². The molecule has 1 atom stereocenters. The van der Waals surface area contributed by atoms with E-state index in [9.17, 15) is 0 Å². The lowest BCUT2D eigenvalue weighted by Gasteiger charge is -2.18. The van der Waals surface area contributed by atoms with Gasteiger partial charge in [0.15, 0.2) is 0 Å². The molecule has 2 aromatic rings. The van der Waals surface area contributed by atoms with E-state index in [0.717, 1.165) is 21.4 Å². The Morgan fingerprint density at radius 2 is 2.27 bits per heavy atom. The van der Waals surface area contributed by atoms with Crippen LogP contribution in [0.1, 0.15) is 25.3 Å². The highest BCUT2D eigenvalue weighted by Crippen LogP contribution is 2.31. The quantitative estimate of drug-likeness (QED) is 0.914. The van der Waals surface area contributed by atoms with E-state index in [2.05, 4.69) is 33.9 Å².